The van der Waals surface area contributed by atoms with Crippen LogP contribution in [0.25, 0.3) is 11.0 Å². The van der Waals surface area contributed by atoms with Gasteiger partial charge in [-0.1, -0.05) is 24.3 Å². The van der Waals surface area contributed by atoms with E-state index in [9.17, 15) is 19.5 Å². The number of amides is 2. The maximum absolute atomic E-state index is 13.9. The molecule has 0 aliphatic carbocycles. The van der Waals surface area contributed by atoms with Crippen LogP contribution < -0.4 is 5.32 Å². The molecule has 10 nitrogen and oxygen atoms in total. The summed E-state index contributed by atoms with van der Waals surface area (Å²) in [6.45, 7) is 5.71. The number of hydrogen-bond donors (Lipinski definition) is 2. The maximum atomic E-state index is 13.9. The van der Waals surface area contributed by atoms with E-state index in [4.69, 9.17) is 4.74 Å². The van der Waals surface area contributed by atoms with E-state index in [1.54, 1.807) is 28.3 Å². The molecule has 3 aliphatic heterocycles. The van der Waals surface area contributed by atoms with Crippen LogP contribution in [0.3, 0.4) is 0 Å². The zero-order valence-electron chi connectivity index (χ0n) is 20.1. The molecule has 1 aromatic heterocycles. The number of ether oxygens (including phenoxy) is 1. The van der Waals surface area contributed by atoms with Crippen molar-refractivity contribution >= 4 is 40.6 Å². The third-order valence-electron chi connectivity index (χ3n) is 7.90. The Labute approximate surface area is 207 Å². The standard InChI is InChI=1S/C24H31N5O5S/c1-4-14(12-30)29-19(20(31)25-13-28-16-9-7-6-8-15(16)26-27-28)24-11-10-23(3,35-24)18(17(24)21(29)32)22(33)34-5-2/h6-9,14,17-19,30H,4-5,10-13H2,1-3H3,(H,25,31)/t14-,17-,18-,19?,23+,24?/m0/s1. The highest BCUT2D eigenvalue weighted by Crippen LogP contribution is 2.71. The number of benzene rings is 1. The lowest BCUT2D eigenvalue weighted by molar-refractivity contribution is -0.155. The van der Waals surface area contributed by atoms with Crippen molar-refractivity contribution < 1.29 is 24.2 Å². The van der Waals surface area contributed by atoms with Crippen molar-refractivity contribution in [3.8, 4) is 0 Å². The van der Waals surface area contributed by atoms with Crippen LogP contribution in [0.2, 0.25) is 0 Å². The number of aliphatic hydroxyl groups excluding tert-OH is 1. The fraction of sp³-hybridized carbons (Fsp3) is 0.625. The number of nitrogens with one attached hydrogen (secondary N) is 1. The first-order valence-corrected chi connectivity index (χ1v) is 13.0. The highest BCUT2D eigenvalue weighted by Gasteiger charge is 2.77. The summed E-state index contributed by atoms with van der Waals surface area (Å²) in [7, 11) is 0. The van der Waals surface area contributed by atoms with Crippen LogP contribution in [0, 0.1) is 11.8 Å². The van der Waals surface area contributed by atoms with Gasteiger partial charge in [0.1, 0.15) is 18.2 Å². The molecule has 3 saturated heterocycles. The topological polar surface area (TPSA) is 127 Å². The van der Waals surface area contributed by atoms with Crippen molar-refractivity contribution in [1.29, 1.82) is 0 Å². The van der Waals surface area contributed by atoms with Crippen molar-refractivity contribution in [3.63, 3.8) is 0 Å². The Morgan fingerprint density at radius 1 is 1.31 bits per heavy atom. The van der Waals surface area contributed by atoms with Crippen molar-refractivity contribution in [3.05, 3.63) is 24.3 Å². The van der Waals surface area contributed by atoms with Gasteiger partial charge in [-0.25, -0.2) is 4.68 Å². The van der Waals surface area contributed by atoms with Crippen LogP contribution in [-0.2, 0) is 25.8 Å². The van der Waals surface area contributed by atoms with Gasteiger partial charge in [0.05, 0.1) is 41.4 Å². The SMILES string of the molecule is CCOC(=O)[C@@H]1[C@H]2C(=O)N([C@@H](CC)CO)C(C(=O)NCn3nnc4ccccc43)C23CC[C@@]1(C)S3. The van der Waals surface area contributed by atoms with Gasteiger partial charge in [-0.2, -0.15) is 0 Å². The number of rotatable bonds is 8. The van der Waals surface area contributed by atoms with E-state index in [1.807, 2.05) is 38.1 Å². The Hall–Kier alpha value is -2.66. The van der Waals surface area contributed by atoms with Gasteiger partial charge in [-0.15, -0.1) is 16.9 Å². The van der Waals surface area contributed by atoms with E-state index in [1.165, 1.54) is 0 Å². The average Bonchev–Trinajstić information content (AvgIpc) is 3.55. The van der Waals surface area contributed by atoms with Gasteiger partial charge in [-0.05, 0) is 45.2 Å². The third kappa shape index (κ3) is 3.46. The van der Waals surface area contributed by atoms with Crippen molar-refractivity contribution in [2.24, 2.45) is 11.8 Å². The first-order valence-electron chi connectivity index (χ1n) is 12.2. The fourth-order valence-electron chi connectivity index (χ4n) is 6.34. The smallest absolute Gasteiger partial charge is 0.311 e. The summed E-state index contributed by atoms with van der Waals surface area (Å²) in [5.74, 6) is -2.22. The zero-order valence-corrected chi connectivity index (χ0v) is 21.0. The zero-order chi connectivity index (χ0) is 25.0. The molecule has 6 atom stereocenters. The molecule has 0 radical (unpaired) electrons. The second-order valence-electron chi connectivity index (χ2n) is 9.75. The Kier molecular flexibility index (Phi) is 6.03. The lowest BCUT2D eigenvalue weighted by atomic mass is 9.66. The molecule has 2 bridgehead atoms. The first-order chi connectivity index (χ1) is 16.8. The molecule has 4 heterocycles. The Morgan fingerprint density at radius 2 is 2.09 bits per heavy atom. The van der Waals surface area contributed by atoms with Gasteiger partial charge >= 0.3 is 5.97 Å². The molecule has 5 rings (SSSR count). The molecule has 3 aliphatic rings. The van der Waals surface area contributed by atoms with Crippen LogP contribution in [-0.4, -0.2) is 77.6 Å². The molecule has 3 fully saturated rings. The Balaban J connectivity index is 1.49. The van der Waals surface area contributed by atoms with Gasteiger partial charge < -0.3 is 20.1 Å². The monoisotopic (exact) mass is 501 g/mol. The number of likely N-dealkylation sites (tertiary alicyclic amines) is 1. The van der Waals surface area contributed by atoms with Gasteiger partial charge in [0.25, 0.3) is 0 Å². The lowest BCUT2D eigenvalue weighted by Gasteiger charge is -2.36. The lowest BCUT2D eigenvalue weighted by Crippen LogP contribution is -2.56. The average molecular weight is 502 g/mol. The minimum absolute atomic E-state index is 0.0950. The summed E-state index contributed by atoms with van der Waals surface area (Å²) in [5, 5.41) is 21.3. The van der Waals surface area contributed by atoms with Crippen LogP contribution in [0.4, 0.5) is 0 Å². The van der Waals surface area contributed by atoms with E-state index in [2.05, 4.69) is 15.6 Å². The summed E-state index contributed by atoms with van der Waals surface area (Å²) < 4.78 is 5.77. The van der Waals surface area contributed by atoms with E-state index in [0.717, 1.165) is 11.0 Å². The Morgan fingerprint density at radius 3 is 2.80 bits per heavy atom. The van der Waals surface area contributed by atoms with E-state index in [0.29, 0.717) is 19.3 Å². The van der Waals surface area contributed by atoms with Gasteiger partial charge in [0.2, 0.25) is 11.8 Å². The van der Waals surface area contributed by atoms with E-state index in [-0.39, 0.29) is 37.7 Å². The second-order valence-corrected chi connectivity index (χ2v) is 11.6. The van der Waals surface area contributed by atoms with Gasteiger partial charge in [0.15, 0.2) is 0 Å². The van der Waals surface area contributed by atoms with Crippen LogP contribution in [0.1, 0.15) is 40.0 Å². The number of aromatic nitrogens is 3. The first kappa shape index (κ1) is 24.1. The van der Waals surface area contributed by atoms with E-state index < -0.39 is 33.4 Å². The highest BCUT2D eigenvalue weighted by atomic mass is 32.2. The molecule has 1 spiro atoms. The van der Waals surface area contributed by atoms with Crippen LogP contribution in [0.5, 0.6) is 0 Å². The summed E-state index contributed by atoms with van der Waals surface area (Å²) >= 11 is 1.58. The molecule has 0 saturated carbocycles. The number of para-hydroxylation sites is 1. The minimum atomic E-state index is -0.807. The molecule has 11 heteroatoms. The molecule has 2 N–H and O–H groups in total. The number of nitrogens with zero attached hydrogens (tertiary/aromatic N) is 4. The predicted molar refractivity (Wildman–Crippen MR) is 129 cm³/mol. The number of esters is 1. The number of hydrogen-bond acceptors (Lipinski definition) is 8. The fourth-order valence-corrected chi connectivity index (χ4v) is 8.68. The molecule has 2 amide bonds. The number of thioether (sulfide) groups is 1. The highest BCUT2D eigenvalue weighted by molar-refractivity contribution is 8.02. The van der Waals surface area contributed by atoms with Gasteiger partial charge in [-0.3, -0.25) is 14.4 Å². The maximum Gasteiger partial charge on any atom is 0.311 e. The number of fused-ring (bicyclic) bond motifs is 2. The Bertz CT molecular complexity index is 1170. The molecule has 1 aromatic carbocycles. The number of carbonyl (C=O) groups excluding carboxylic acids is 3. The normalized spacial score (nSPS) is 32.2. The summed E-state index contributed by atoms with van der Waals surface area (Å²) in [5.41, 5.74) is 1.51. The van der Waals surface area contributed by atoms with Crippen LogP contribution >= 0.6 is 11.8 Å². The summed E-state index contributed by atoms with van der Waals surface area (Å²) in [4.78, 5) is 42.3. The largest absolute Gasteiger partial charge is 0.466 e. The van der Waals surface area contributed by atoms with Crippen molar-refractivity contribution in [2.75, 3.05) is 13.2 Å². The molecule has 188 valence electrons. The molecular formula is C24H31N5O5S. The minimum Gasteiger partial charge on any atom is -0.466 e. The number of carbonyl (C=O) groups is 3. The molecular weight excluding hydrogens is 470 g/mol. The third-order valence-corrected chi connectivity index (χ3v) is 9.89. The van der Waals surface area contributed by atoms with Crippen LogP contribution in [0.15, 0.2) is 24.3 Å². The number of aliphatic hydroxyl groups is 1. The molecule has 35 heavy (non-hydrogen) atoms. The van der Waals surface area contributed by atoms with E-state index >= 15 is 0 Å². The summed E-state index contributed by atoms with van der Waals surface area (Å²) in [6, 6.07) is 6.15. The molecule has 2 aromatic rings. The van der Waals surface area contributed by atoms with Crippen molar-refractivity contribution in [2.45, 2.75) is 68.3 Å². The van der Waals surface area contributed by atoms with Gasteiger partial charge in [0, 0.05) is 4.75 Å². The van der Waals surface area contributed by atoms with Crippen molar-refractivity contribution in [1.82, 2.24) is 25.2 Å². The molecule has 2 unspecified atom stereocenters. The second kappa shape index (κ2) is 8.77. The quantitative estimate of drug-likeness (QED) is 0.519. The summed E-state index contributed by atoms with van der Waals surface area (Å²) in [6.07, 6.45) is 1.85. The predicted octanol–water partition coefficient (Wildman–Crippen LogP) is 1.32.